The van der Waals surface area contributed by atoms with Gasteiger partial charge in [-0.2, -0.15) is 0 Å². The van der Waals surface area contributed by atoms with Crippen molar-refractivity contribution in [3.63, 3.8) is 0 Å². The quantitative estimate of drug-likeness (QED) is 0.681. The number of amides is 1. The van der Waals surface area contributed by atoms with Crippen LogP contribution in [0.3, 0.4) is 0 Å². The molecule has 22 heavy (non-hydrogen) atoms. The van der Waals surface area contributed by atoms with Gasteiger partial charge in [0.05, 0.1) is 23.0 Å². The van der Waals surface area contributed by atoms with Gasteiger partial charge in [0.1, 0.15) is 5.75 Å². The summed E-state index contributed by atoms with van der Waals surface area (Å²) in [5.74, 6) is -1.58. The molecule has 0 saturated carbocycles. The molecule has 9 heteroatoms. The molecule has 0 aliphatic carbocycles. The van der Waals surface area contributed by atoms with Crippen molar-refractivity contribution in [1.82, 2.24) is 5.32 Å². The number of hydrogen-bond donors (Lipinski definition) is 3. The third-order valence-electron chi connectivity index (χ3n) is 3.01. The van der Waals surface area contributed by atoms with E-state index in [4.69, 9.17) is 15.0 Å². The van der Waals surface area contributed by atoms with Gasteiger partial charge in [-0.1, -0.05) is 0 Å². The smallest absolute Gasteiger partial charge is 0.310 e. The van der Waals surface area contributed by atoms with E-state index in [9.17, 15) is 18.0 Å². The van der Waals surface area contributed by atoms with E-state index in [1.54, 1.807) is 0 Å². The highest BCUT2D eigenvalue weighted by atomic mass is 32.2. The number of carboxylic acid groups (broad SMARTS) is 1. The summed E-state index contributed by atoms with van der Waals surface area (Å²) in [6.07, 6.45) is 0. The molecule has 1 aromatic carbocycles. The van der Waals surface area contributed by atoms with Gasteiger partial charge in [-0.05, 0) is 32.0 Å². The number of benzene rings is 1. The number of primary sulfonamides is 1. The average molecular weight is 330 g/mol. The van der Waals surface area contributed by atoms with Crippen molar-refractivity contribution in [1.29, 1.82) is 0 Å². The maximum absolute atomic E-state index is 12.2. The molecule has 0 fully saturated rings. The van der Waals surface area contributed by atoms with Crippen molar-refractivity contribution in [3.8, 4) is 5.75 Å². The van der Waals surface area contributed by atoms with Crippen LogP contribution in [-0.2, 0) is 14.8 Å². The molecular formula is C13H18N2O6S. The van der Waals surface area contributed by atoms with Crippen LogP contribution in [-0.4, -0.2) is 39.1 Å². The standard InChI is InChI=1S/C13H18N2O6S/c1-13(2,12(17)18)7-15-11(16)9-6-8(22(14,19)20)4-5-10(9)21-3/h4-6H,7H2,1-3H3,(H,15,16)(H,17,18)(H2,14,19,20). The van der Waals surface area contributed by atoms with Crippen LogP contribution in [0.1, 0.15) is 24.2 Å². The van der Waals surface area contributed by atoms with Crippen LogP contribution in [0.25, 0.3) is 0 Å². The van der Waals surface area contributed by atoms with Gasteiger partial charge in [0.15, 0.2) is 0 Å². The molecule has 0 bridgehead atoms. The number of hydrogen-bond acceptors (Lipinski definition) is 5. The zero-order chi connectivity index (χ0) is 17.1. The Bertz CT molecular complexity index is 696. The lowest BCUT2D eigenvalue weighted by molar-refractivity contribution is -0.146. The largest absolute Gasteiger partial charge is 0.496 e. The number of aliphatic carboxylic acids is 1. The molecule has 0 heterocycles. The van der Waals surface area contributed by atoms with Gasteiger partial charge < -0.3 is 15.2 Å². The molecule has 0 aliphatic heterocycles. The predicted octanol–water partition coefficient (Wildman–Crippen LogP) is 0.183. The van der Waals surface area contributed by atoms with Crippen LogP contribution in [0, 0.1) is 5.41 Å². The second-order valence-electron chi connectivity index (χ2n) is 5.28. The Morgan fingerprint density at radius 3 is 2.41 bits per heavy atom. The van der Waals surface area contributed by atoms with E-state index in [2.05, 4.69) is 5.32 Å². The fraction of sp³-hybridized carbons (Fsp3) is 0.385. The molecule has 0 unspecified atom stereocenters. The molecule has 0 atom stereocenters. The molecule has 1 amide bonds. The maximum Gasteiger partial charge on any atom is 0.310 e. The second kappa shape index (κ2) is 6.32. The first kappa shape index (κ1) is 17.9. The highest BCUT2D eigenvalue weighted by Crippen LogP contribution is 2.22. The molecule has 0 spiro atoms. The van der Waals surface area contributed by atoms with Crippen LogP contribution in [0.5, 0.6) is 5.75 Å². The first-order valence-electron chi connectivity index (χ1n) is 6.21. The molecule has 4 N–H and O–H groups in total. The number of sulfonamides is 1. The van der Waals surface area contributed by atoms with Gasteiger partial charge in [-0.15, -0.1) is 0 Å². The van der Waals surface area contributed by atoms with E-state index in [1.165, 1.54) is 33.1 Å². The summed E-state index contributed by atoms with van der Waals surface area (Å²) in [5, 5.41) is 16.5. The van der Waals surface area contributed by atoms with E-state index in [0.29, 0.717) is 0 Å². The van der Waals surface area contributed by atoms with E-state index in [-0.39, 0.29) is 22.8 Å². The molecule has 0 saturated heterocycles. The fourth-order valence-corrected chi connectivity index (χ4v) is 2.05. The van der Waals surface area contributed by atoms with Crippen LogP contribution < -0.4 is 15.2 Å². The minimum absolute atomic E-state index is 0.0461. The Kier molecular flexibility index (Phi) is 5.15. The van der Waals surface area contributed by atoms with E-state index < -0.39 is 27.3 Å². The molecule has 1 rings (SSSR count). The second-order valence-corrected chi connectivity index (χ2v) is 6.84. The summed E-state index contributed by atoms with van der Waals surface area (Å²) < 4.78 is 27.7. The molecule has 1 aromatic rings. The van der Waals surface area contributed by atoms with Crippen LogP contribution in [0.4, 0.5) is 0 Å². The molecule has 0 aromatic heterocycles. The Morgan fingerprint density at radius 2 is 1.95 bits per heavy atom. The van der Waals surface area contributed by atoms with Crippen LogP contribution in [0.2, 0.25) is 0 Å². The van der Waals surface area contributed by atoms with Crippen LogP contribution in [0.15, 0.2) is 23.1 Å². The van der Waals surface area contributed by atoms with Gasteiger partial charge in [0.2, 0.25) is 10.0 Å². The topological polar surface area (TPSA) is 136 Å². The lowest BCUT2D eigenvalue weighted by Gasteiger charge is -2.20. The normalized spacial score (nSPS) is 11.8. The van der Waals surface area contributed by atoms with Crippen molar-refractivity contribution in [2.24, 2.45) is 10.6 Å². The van der Waals surface area contributed by atoms with Crippen molar-refractivity contribution in [2.75, 3.05) is 13.7 Å². The van der Waals surface area contributed by atoms with Gasteiger partial charge >= 0.3 is 5.97 Å². The monoisotopic (exact) mass is 330 g/mol. The SMILES string of the molecule is COc1ccc(S(N)(=O)=O)cc1C(=O)NCC(C)(C)C(=O)O. The van der Waals surface area contributed by atoms with E-state index in [1.807, 2.05) is 0 Å². The highest BCUT2D eigenvalue weighted by Gasteiger charge is 2.28. The first-order valence-corrected chi connectivity index (χ1v) is 7.76. The predicted molar refractivity (Wildman–Crippen MR) is 78.1 cm³/mol. The summed E-state index contributed by atoms with van der Waals surface area (Å²) >= 11 is 0. The van der Waals surface area contributed by atoms with Crippen molar-refractivity contribution < 1.29 is 27.9 Å². The Morgan fingerprint density at radius 1 is 1.36 bits per heavy atom. The lowest BCUT2D eigenvalue weighted by Crippen LogP contribution is -2.39. The zero-order valence-electron chi connectivity index (χ0n) is 12.4. The maximum atomic E-state index is 12.2. The number of carbonyl (C=O) groups excluding carboxylic acids is 1. The molecule has 0 aliphatic rings. The molecule has 122 valence electrons. The summed E-state index contributed by atoms with van der Waals surface area (Å²) in [6.45, 7) is 2.77. The summed E-state index contributed by atoms with van der Waals surface area (Å²) in [5.41, 5.74) is -1.21. The van der Waals surface area contributed by atoms with Gasteiger partial charge in [0.25, 0.3) is 5.91 Å². The van der Waals surface area contributed by atoms with E-state index >= 15 is 0 Å². The van der Waals surface area contributed by atoms with Gasteiger partial charge in [0, 0.05) is 6.54 Å². The van der Waals surface area contributed by atoms with Crippen molar-refractivity contribution >= 4 is 21.9 Å². The van der Waals surface area contributed by atoms with E-state index in [0.717, 1.165) is 6.07 Å². The third-order valence-corrected chi connectivity index (χ3v) is 3.92. The summed E-state index contributed by atoms with van der Waals surface area (Å²) in [4.78, 5) is 22.9. The van der Waals surface area contributed by atoms with Gasteiger partial charge in [-0.3, -0.25) is 9.59 Å². The van der Waals surface area contributed by atoms with Crippen LogP contribution >= 0.6 is 0 Å². The molecule has 8 nitrogen and oxygen atoms in total. The number of nitrogens with one attached hydrogen (secondary N) is 1. The summed E-state index contributed by atoms with van der Waals surface area (Å²) in [7, 11) is -2.65. The third kappa shape index (κ3) is 4.18. The fourth-order valence-electron chi connectivity index (χ4n) is 1.51. The number of methoxy groups -OCH3 is 1. The minimum Gasteiger partial charge on any atom is -0.496 e. The number of carbonyl (C=O) groups is 2. The Labute approximate surface area is 128 Å². The number of nitrogens with two attached hydrogens (primary N) is 1. The number of ether oxygens (including phenoxy) is 1. The number of carboxylic acids is 1. The lowest BCUT2D eigenvalue weighted by atomic mass is 9.94. The highest BCUT2D eigenvalue weighted by molar-refractivity contribution is 7.89. The summed E-state index contributed by atoms with van der Waals surface area (Å²) in [6, 6.07) is 3.60. The minimum atomic E-state index is -3.97. The number of rotatable bonds is 6. The Balaban J connectivity index is 3.09. The first-order chi connectivity index (χ1) is 9.99. The van der Waals surface area contributed by atoms with Crippen molar-refractivity contribution in [2.45, 2.75) is 18.7 Å². The molecule has 0 radical (unpaired) electrons. The average Bonchev–Trinajstić information content (AvgIpc) is 2.42. The Hall–Kier alpha value is -2.13. The van der Waals surface area contributed by atoms with Gasteiger partial charge in [-0.25, -0.2) is 13.6 Å². The zero-order valence-corrected chi connectivity index (χ0v) is 13.2. The molecular weight excluding hydrogens is 312 g/mol. The van der Waals surface area contributed by atoms with Crippen molar-refractivity contribution in [3.05, 3.63) is 23.8 Å².